The van der Waals surface area contributed by atoms with Crippen LogP contribution in [0.4, 0.5) is 0 Å². The molecule has 0 saturated heterocycles. The first kappa shape index (κ1) is 7.70. The van der Waals surface area contributed by atoms with E-state index in [1.165, 1.54) is 19.2 Å². The number of carbonyl (C=O) groups excluding carboxylic acids is 1. The van der Waals surface area contributed by atoms with Crippen molar-refractivity contribution < 1.29 is 9.53 Å². The largest absolute Gasteiger partial charge is 0.463 e. The molecule has 0 radical (unpaired) electrons. The number of nitrogens with zero attached hydrogens (tertiary/aromatic N) is 1. The molecule has 0 aliphatic heterocycles. The van der Waals surface area contributed by atoms with Crippen LogP contribution in [0.25, 0.3) is 4.85 Å². The zero-order chi connectivity index (χ0) is 7.11. The van der Waals surface area contributed by atoms with Crippen molar-refractivity contribution in [3.05, 3.63) is 23.7 Å². The van der Waals surface area contributed by atoms with Crippen LogP contribution in [0.3, 0.4) is 0 Å². The molecule has 0 saturated carbocycles. The normalized spacial score (nSPS) is 8.89. The zero-order valence-corrected chi connectivity index (χ0v) is 5.13. The highest BCUT2D eigenvalue weighted by atomic mass is 16.5. The topological polar surface area (TPSA) is 30.7 Å². The highest BCUT2D eigenvalue weighted by Crippen LogP contribution is 1.78. The van der Waals surface area contributed by atoms with Crippen LogP contribution >= 0.6 is 0 Å². The van der Waals surface area contributed by atoms with E-state index in [-0.39, 0.29) is 12.6 Å². The van der Waals surface area contributed by atoms with Crippen LogP contribution in [0.15, 0.2) is 12.3 Å². The summed E-state index contributed by atoms with van der Waals surface area (Å²) >= 11 is 0. The molecule has 0 spiro atoms. The minimum Gasteiger partial charge on any atom is -0.463 e. The van der Waals surface area contributed by atoms with Gasteiger partial charge in [-0.05, 0) is 6.08 Å². The van der Waals surface area contributed by atoms with Gasteiger partial charge in [-0.1, -0.05) is 0 Å². The Hall–Kier alpha value is -1.30. The predicted octanol–water partition coefficient (Wildman–Crippen LogP) is 0.982. The second kappa shape index (κ2) is 4.85. The van der Waals surface area contributed by atoms with E-state index in [1.54, 1.807) is 0 Å². The maximum absolute atomic E-state index is 10.1. The van der Waals surface area contributed by atoms with Crippen LogP contribution in [0, 0.1) is 6.57 Å². The summed E-state index contributed by atoms with van der Waals surface area (Å²) in [5.41, 5.74) is 0. The summed E-state index contributed by atoms with van der Waals surface area (Å²) in [6, 6.07) is 0. The van der Waals surface area contributed by atoms with Gasteiger partial charge in [0.2, 0.25) is 0 Å². The number of carbonyl (C=O) groups is 1. The standard InChI is InChI=1S/C6H7NO2/c1-6(8)9-5-3-4-7-2/h3-4H,5H2,1H3/b4-3-. The van der Waals surface area contributed by atoms with Crippen molar-refractivity contribution in [2.75, 3.05) is 6.61 Å². The molecule has 0 N–H and O–H groups in total. The lowest BCUT2D eigenvalue weighted by Gasteiger charge is -1.91. The summed E-state index contributed by atoms with van der Waals surface area (Å²) < 4.78 is 4.47. The Labute approximate surface area is 53.8 Å². The van der Waals surface area contributed by atoms with E-state index in [0.717, 1.165) is 0 Å². The maximum atomic E-state index is 10.1. The molecule has 3 heteroatoms. The van der Waals surface area contributed by atoms with Gasteiger partial charge in [0.15, 0.2) is 6.20 Å². The van der Waals surface area contributed by atoms with Crippen molar-refractivity contribution in [1.82, 2.24) is 0 Å². The lowest BCUT2D eigenvalue weighted by atomic mass is 10.6. The van der Waals surface area contributed by atoms with E-state index < -0.39 is 0 Å². The summed E-state index contributed by atoms with van der Waals surface area (Å²) in [6.45, 7) is 7.80. The molecule has 0 amide bonds. The van der Waals surface area contributed by atoms with Crippen LogP contribution in [-0.4, -0.2) is 12.6 Å². The average molecular weight is 125 g/mol. The van der Waals surface area contributed by atoms with Gasteiger partial charge in [0, 0.05) is 6.92 Å². The third kappa shape index (κ3) is 6.70. The van der Waals surface area contributed by atoms with Crippen LogP contribution in [0.2, 0.25) is 0 Å². The van der Waals surface area contributed by atoms with Crippen molar-refractivity contribution in [3.8, 4) is 0 Å². The van der Waals surface area contributed by atoms with Gasteiger partial charge in [0.05, 0.1) is 6.57 Å². The van der Waals surface area contributed by atoms with Gasteiger partial charge in [0.25, 0.3) is 0 Å². The van der Waals surface area contributed by atoms with Crippen LogP contribution in [-0.2, 0) is 9.53 Å². The molecular formula is C6H7NO2. The molecule has 9 heavy (non-hydrogen) atoms. The summed E-state index contributed by atoms with van der Waals surface area (Å²) in [5, 5.41) is 0. The first-order valence-corrected chi connectivity index (χ1v) is 2.42. The molecule has 0 heterocycles. The molecule has 0 aromatic rings. The Balaban J connectivity index is 3.22. The molecule has 0 rings (SSSR count). The molecule has 0 aliphatic rings. The first-order chi connectivity index (χ1) is 4.27. The van der Waals surface area contributed by atoms with Gasteiger partial charge in [-0.2, -0.15) is 0 Å². The third-order valence-electron chi connectivity index (χ3n) is 0.563. The Kier molecular flexibility index (Phi) is 4.15. The van der Waals surface area contributed by atoms with Gasteiger partial charge in [-0.15, -0.1) is 0 Å². The molecule has 3 nitrogen and oxygen atoms in total. The lowest BCUT2D eigenvalue weighted by Crippen LogP contribution is -1.96. The molecular weight excluding hydrogens is 118 g/mol. The van der Waals surface area contributed by atoms with E-state index in [1.807, 2.05) is 0 Å². The SMILES string of the molecule is [C-]#[N+]/C=C\COC(C)=O. The van der Waals surface area contributed by atoms with Gasteiger partial charge < -0.3 is 4.74 Å². The molecule has 0 aromatic carbocycles. The molecule has 0 aliphatic carbocycles. The van der Waals surface area contributed by atoms with Crippen LogP contribution in [0.5, 0.6) is 0 Å². The maximum Gasteiger partial charge on any atom is 0.302 e. The van der Waals surface area contributed by atoms with E-state index >= 15 is 0 Å². The fourth-order valence-electron chi connectivity index (χ4n) is 0.261. The fourth-order valence-corrected chi connectivity index (χ4v) is 0.261. The molecule has 0 fully saturated rings. The van der Waals surface area contributed by atoms with Crippen molar-refractivity contribution in [2.45, 2.75) is 6.92 Å². The highest BCUT2D eigenvalue weighted by Gasteiger charge is 1.84. The second-order valence-electron chi connectivity index (χ2n) is 1.32. The van der Waals surface area contributed by atoms with Gasteiger partial charge in [-0.25, -0.2) is 4.85 Å². The van der Waals surface area contributed by atoms with E-state index in [0.29, 0.717) is 0 Å². The van der Waals surface area contributed by atoms with Gasteiger partial charge in [-0.3, -0.25) is 4.79 Å². The third-order valence-corrected chi connectivity index (χ3v) is 0.563. The summed E-state index contributed by atoms with van der Waals surface area (Å²) in [6.07, 6.45) is 2.73. The smallest absolute Gasteiger partial charge is 0.302 e. The monoisotopic (exact) mass is 125 g/mol. The molecule has 0 aromatic heterocycles. The Morgan fingerprint density at radius 2 is 2.56 bits per heavy atom. The number of esters is 1. The summed E-state index contributed by atoms with van der Waals surface area (Å²) in [5.74, 6) is -0.329. The van der Waals surface area contributed by atoms with Gasteiger partial charge >= 0.3 is 5.97 Å². The minimum absolute atomic E-state index is 0.192. The second-order valence-corrected chi connectivity index (χ2v) is 1.32. The van der Waals surface area contributed by atoms with E-state index in [9.17, 15) is 4.79 Å². The number of hydrogen-bond acceptors (Lipinski definition) is 2. The summed E-state index contributed by atoms with van der Waals surface area (Å²) in [7, 11) is 0. The Morgan fingerprint density at radius 1 is 1.89 bits per heavy atom. The number of hydrogen-bond donors (Lipinski definition) is 0. The fraction of sp³-hybridized carbons (Fsp3) is 0.333. The molecule has 0 unspecified atom stereocenters. The first-order valence-electron chi connectivity index (χ1n) is 2.42. The molecule has 0 atom stereocenters. The van der Waals surface area contributed by atoms with E-state index in [2.05, 4.69) is 9.58 Å². The Morgan fingerprint density at radius 3 is 3.00 bits per heavy atom. The summed E-state index contributed by atoms with van der Waals surface area (Å²) in [4.78, 5) is 13.0. The minimum atomic E-state index is -0.329. The molecule has 0 bridgehead atoms. The molecule has 48 valence electrons. The van der Waals surface area contributed by atoms with E-state index in [4.69, 9.17) is 6.57 Å². The van der Waals surface area contributed by atoms with Crippen molar-refractivity contribution in [2.24, 2.45) is 0 Å². The van der Waals surface area contributed by atoms with Crippen LogP contribution < -0.4 is 0 Å². The number of rotatable bonds is 2. The van der Waals surface area contributed by atoms with Crippen molar-refractivity contribution in [1.29, 1.82) is 0 Å². The quantitative estimate of drug-likeness (QED) is 0.407. The van der Waals surface area contributed by atoms with Gasteiger partial charge in [0.1, 0.15) is 6.61 Å². The van der Waals surface area contributed by atoms with Crippen LogP contribution in [0.1, 0.15) is 6.92 Å². The highest BCUT2D eigenvalue weighted by molar-refractivity contribution is 5.65. The Bertz CT molecular complexity index is 155. The zero-order valence-electron chi connectivity index (χ0n) is 5.13. The van der Waals surface area contributed by atoms with Crippen molar-refractivity contribution >= 4 is 5.97 Å². The lowest BCUT2D eigenvalue weighted by molar-refractivity contribution is -0.139. The average Bonchev–Trinajstić information content (AvgIpc) is 1.80. The predicted molar refractivity (Wildman–Crippen MR) is 32.4 cm³/mol. The van der Waals surface area contributed by atoms with Crippen molar-refractivity contribution in [3.63, 3.8) is 0 Å². The number of ether oxygens (including phenoxy) is 1.